The first-order valence-corrected chi connectivity index (χ1v) is 4.37. The van der Waals surface area contributed by atoms with Crippen LogP contribution in [0.1, 0.15) is 6.92 Å². The van der Waals surface area contributed by atoms with E-state index in [9.17, 15) is 9.59 Å². The van der Waals surface area contributed by atoms with E-state index in [1.54, 1.807) is 0 Å². The van der Waals surface area contributed by atoms with Gasteiger partial charge in [-0.3, -0.25) is 9.59 Å². The van der Waals surface area contributed by atoms with E-state index in [0.717, 1.165) is 0 Å². The minimum absolute atomic E-state index is 0.267. The Morgan fingerprint density at radius 2 is 1.60 bits per heavy atom. The number of aliphatic hydroxyl groups excluding tert-OH is 3. The van der Waals surface area contributed by atoms with Crippen molar-refractivity contribution in [2.45, 2.75) is 12.5 Å². The highest BCUT2D eigenvalue weighted by molar-refractivity contribution is 5.84. The smallest absolute Gasteiger partial charge is 0.240 e. The van der Waals surface area contributed by atoms with Crippen molar-refractivity contribution in [2.75, 3.05) is 26.4 Å². The fourth-order valence-corrected chi connectivity index (χ4v) is 0.813. The van der Waals surface area contributed by atoms with E-state index < -0.39 is 31.3 Å². The lowest BCUT2D eigenvalue weighted by Crippen LogP contribution is -2.58. The number of aliphatic hydroxyl groups is 3. The molecule has 0 saturated heterocycles. The quantitative estimate of drug-likeness (QED) is 0.326. The topological polar surface area (TPSA) is 119 Å². The molecule has 88 valence electrons. The monoisotopic (exact) mass is 220 g/mol. The number of rotatable bonds is 6. The maximum absolute atomic E-state index is 11.2. The standard InChI is InChI=1S/C8H16N2O5/c1-6(14)9-2-7(15)10-8(3-11,4-12)5-13/h11-13H,2-5H2,1H3,(H,9,14)(H,10,15). The molecule has 7 heteroatoms. The number of nitrogens with one attached hydrogen (secondary N) is 2. The van der Waals surface area contributed by atoms with Crippen LogP contribution in [0.25, 0.3) is 0 Å². The number of hydrogen-bond acceptors (Lipinski definition) is 5. The second-order valence-electron chi connectivity index (χ2n) is 3.21. The summed E-state index contributed by atoms with van der Waals surface area (Å²) in [6.45, 7) is -0.787. The van der Waals surface area contributed by atoms with Crippen molar-refractivity contribution in [3.63, 3.8) is 0 Å². The lowest BCUT2D eigenvalue weighted by molar-refractivity contribution is -0.127. The molecule has 7 nitrogen and oxygen atoms in total. The molecule has 0 aromatic heterocycles. The largest absolute Gasteiger partial charge is 0.394 e. The first kappa shape index (κ1) is 13.8. The highest BCUT2D eigenvalue weighted by Gasteiger charge is 2.29. The molecule has 0 spiro atoms. The number of amides is 2. The van der Waals surface area contributed by atoms with Gasteiger partial charge < -0.3 is 26.0 Å². The summed E-state index contributed by atoms with van der Waals surface area (Å²) in [4.78, 5) is 21.7. The molecule has 0 heterocycles. The third-order valence-corrected chi connectivity index (χ3v) is 1.81. The van der Waals surface area contributed by atoms with Crippen LogP contribution in [0.3, 0.4) is 0 Å². The molecule has 0 unspecified atom stereocenters. The number of hydrogen-bond donors (Lipinski definition) is 5. The summed E-state index contributed by atoms with van der Waals surface area (Å²) in [7, 11) is 0. The molecule has 0 rings (SSSR count). The van der Waals surface area contributed by atoms with Crippen molar-refractivity contribution < 1.29 is 24.9 Å². The predicted octanol–water partition coefficient (Wildman–Crippen LogP) is -3.05. The third kappa shape index (κ3) is 4.73. The SMILES string of the molecule is CC(=O)NCC(=O)NC(CO)(CO)CO. The number of carbonyl (C=O) groups excluding carboxylic acids is 2. The Bertz CT molecular complexity index is 219. The average molecular weight is 220 g/mol. The summed E-state index contributed by atoms with van der Waals surface area (Å²) in [6, 6.07) is 0. The molecule has 0 aromatic carbocycles. The zero-order valence-electron chi connectivity index (χ0n) is 8.49. The van der Waals surface area contributed by atoms with Gasteiger partial charge in [0.1, 0.15) is 5.54 Å². The first-order valence-electron chi connectivity index (χ1n) is 4.37. The Morgan fingerprint density at radius 1 is 1.13 bits per heavy atom. The molecule has 0 aliphatic carbocycles. The Balaban J connectivity index is 4.17. The van der Waals surface area contributed by atoms with Crippen LogP contribution in [-0.2, 0) is 9.59 Å². The van der Waals surface area contributed by atoms with Crippen LogP contribution in [0.2, 0.25) is 0 Å². The van der Waals surface area contributed by atoms with Crippen molar-refractivity contribution in [3.8, 4) is 0 Å². The predicted molar refractivity (Wildman–Crippen MR) is 50.8 cm³/mol. The van der Waals surface area contributed by atoms with Gasteiger partial charge in [0.2, 0.25) is 11.8 Å². The lowest BCUT2D eigenvalue weighted by atomic mass is 10.0. The zero-order valence-corrected chi connectivity index (χ0v) is 8.49. The summed E-state index contributed by atoms with van der Waals surface area (Å²) in [5.41, 5.74) is -1.45. The molecule has 0 aliphatic heterocycles. The minimum atomic E-state index is -1.45. The average Bonchev–Trinajstić information content (AvgIpc) is 2.23. The van der Waals surface area contributed by atoms with E-state index in [2.05, 4.69) is 10.6 Å². The van der Waals surface area contributed by atoms with Crippen molar-refractivity contribution in [2.24, 2.45) is 0 Å². The molecule has 0 radical (unpaired) electrons. The van der Waals surface area contributed by atoms with Gasteiger partial charge in [0.15, 0.2) is 0 Å². The van der Waals surface area contributed by atoms with E-state index in [1.165, 1.54) is 6.92 Å². The van der Waals surface area contributed by atoms with Crippen molar-refractivity contribution in [1.29, 1.82) is 0 Å². The third-order valence-electron chi connectivity index (χ3n) is 1.81. The molecule has 0 saturated carbocycles. The fraction of sp³-hybridized carbons (Fsp3) is 0.750. The Labute approximate surface area is 87.1 Å². The van der Waals surface area contributed by atoms with Crippen LogP contribution < -0.4 is 10.6 Å². The van der Waals surface area contributed by atoms with Crippen LogP contribution in [0.15, 0.2) is 0 Å². The second kappa shape index (κ2) is 6.33. The van der Waals surface area contributed by atoms with Crippen molar-refractivity contribution >= 4 is 11.8 Å². The van der Waals surface area contributed by atoms with Gasteiger partial charge in [0.25, 0.3) is 0 Å². The Kier molecular flexibility index (Phi) is 5.83. The molecular weight excluding hydrogens is 204 g/mol. The normalized spacial score (nSPS) is 10.9. The van der Waals surface area contributed by atoms with E-state index >= 15 is 0 Å². The van der Waals surface area contributed by atoms with E-state index in [-0.39, 0.29) is 12.5 Å². The molecule has 0 fully saturated rings. The van der Waals surface area contributed by atoms with Gasteiger partial charge in [0, 0.05) is 6.92 Å². The van der Waals surface area contributed by atoms with Gasteiger partial charge in [-0.1, -0.05) is 0 Å². The lowest BCUT2D eigenvalue weighted by Gasteiger charge is -2.28. The van der Waals surface area contributed by atoms with Crippen molar-refractivity contribution in [3.05, 3.63) is 0 Å². The van der Waals surface area contributed by atoms with Gasteiger partial charge >= 0.3 is 0 Å². The summed E-state index contributed by atoms with van der Waals surface area (Å²) in [5, 5.41) is 31.1. The van der Waals surface area contributed by atoms with Crippen LogP contribution in [0, 0.1) is 0 Å². The second-order valence-corrected chi connectivity index (χ2v) is 3.21. The summed E-state index contributed by atoms with van der Waals surface area (Å²) >= 11 is 0. The highest BCUT2D eigenvalue weighted by atomic mass is 16.3. The maximum atomic E-state index is 11.2. The first-order chi connectivity index (χ1) is 6.99. The molecule has 0 aliphatic rings. The van der Waals surface area contributed by atoms with E-state index in [0.29, 0.717) is 0 Å². The Morgan fingerprint density at radius 3 is 1.93 bits per heavy atom. The summed E-state index contributed by atoms with van der Waals surface area (Å²) in [5.74, 6) is -0.963. The van der Waals surface area contributed by atoms with Gasteiger partial charge in [-0.25, -0.2) is 0 Å². The molecule has 15 heavy (non-hydrogen) atoms. The molecular formula is C8H16N2O5. The Hall–Kier alpha value is -1.18. The van der Waals surface area contributed by atoms with Crippen LogP contribution >= 0.6 is 0 Å². The van der Waals surface area contributed by atoms with Gasteiger partial charge in [-0.15, -0.1) is 0 Å². The van der Waals surface area contributed by atoms with Crippen LogP contribution in [0.5, 0.6) is 0 Å². The molecule has 0 atom stereocenters. The molecule has 0 bridgehead atoms. The molecule has 0 aromatic rings. The van der Waals surface area contributed by atoms with E-state index in [4.69, 9.17) is 15.3 Å². The molecule has 2 amide bonds. The van der Waals surface area contributed by atoms with Gasteiger partial charge in [-0.2, -0.15) is 0 Å². The van der Waals surface area contributed by atoms with Gasteiger partial charge in [0.05, 0.1) is 26.4 Å². The molecule has 5 N–H and O–H groups in total. The minimum Gasteiger partial charge on any atom is -0.394 e. The fourth-order valence-electron chi connectivity index (χ4n) is 0.813. The maximum Gasteiger partial charge on any atom is 0.240 e. The van der Waals surface area contributed by atoms with Crippen molar-refractivity contribution in [1.82, 2.24) is 10.6 Å². The van der Waals surface area contributed by atoms with Gasteiger partial charge in [-0.05, 0) is 0 Å². The highest BCUT2D eigenvalue weighted by Crippen LogP contribution is 2.00. The zero-order chi connectivity index (χ0) is 11.9. The van der Waals surface area contributed by atoms with Crippen LogP contribution in [0.4, 0.5) is 0 Å². The van der Waals surface area contributed by atoms with Crippen LogP contribution in [-0.4, -0.2) is 59.0 Å². The van der Waals surface area contributed by atoms with E-state index in [1.807, 2.05) is 0 Å². The summed E-state index contributed by atoms with van der Waals surface area (Å²) in [6.07, 6.45) is 0. The number of carbonyl (C=O) groups is 2. The summed E-state index contributed by atoms with van der Waals surface area (Å²) < 4.78 is 0.